The molecule has 0 radical (unpaired) electrons. The number of hydrogen-bond acceptors (Lipinski definition) is 2. The third kappa shape index (κ3) is 4.17. The fourth-order valence-corrected chi connectivity index (χ4v) is 0.576. The number of nitrogens with one attached hydrogen (secondary N) is 1. The first-order valence-corrected chi connectivity index (χ1v) is 3.26. The van der Waals surface area contributed by atoms with Gasteiger partial charge in [-0.3, -0.25) is 0 Å². The smallest absolute Gasteiger partial charge is 0.327 e. The molecule has 0 spiro atoms. The number of amides is 2. The van der Waals surface area contributed by atoms with Gasteiger partial charge in [-0.1, -0.05) is 0 Å². The minimum absolute atomic E-state index is 0.0643. The van der Waals surface area contributed by atoms with Gasteiger partial charge >= 0.3 is 12.0 Å². The third-order valence-corrected chi connectivity index (χ3v) is 1.10. The van der Waals surface area contributed by atoms with E-state index in [1.54, 1.807) is 6.92 Å². The highest BCUT2D eigenvalue weighted by Crippen LogP contribution is 1.89. The van der Waals surface area contributed by atoms with Crippen LogP contribution < -0.4 is 11.1 Å². The summed E-state index contributed by atoms with van der Waals surface area (Å²) in [5.74, 6) is 3.91. The highest BCUT2D eigenvalue weighted by molar-refractivity contribution is 5.81. The monoisotopic (exact) mass is 170 g/mol. The molecule has 0 saturated carbocycles. The van der Waals surface area contributed by atoms with Gasteiger partial charge in [-0.05, 0) is 6.92 Å². The van der Waals surface area contributed by atoms with Crippen LogP contribution in [0.1, 0.15) is 13.3 Å². The number of aliphatic carboxylic acids is 1. The Bertz CT molecular complexity index is 239. The van der Waals surface area contributed by atoms with Crippen molar-refractivity contribution < 1.29 is 14.7 Å². The molecule has 66 valence electrons. The van der Waals surface area contributed by atoms with Crippen molar-refractivity contribution in [2.75, 3.05) is 0 Å². The summed E-state index contributed by atoms with van der Waals surface area (Å²) in [7, 11) is 0. The zero-order valence-electron chi connectivity index (χ0n) is 6.63. The molecule has 0 aromatic carbocycles. The summed E-state index contributed by atoms with van der Waals surface area (Å²) in [6.07, 6.45) is 0.0643. The summed E-state index contributed by atoms with van der Waals surface area (Å²) in [6, 6.07) is -1.88. The first-order valence-electron chi connectivity index (χ1n) is 3.26. The molecule has 0 aromatic heterocycles. The Balaban J connectivity index is 4.10. The van der Waals surface area contributed by atoms with Gasteiger partial charge in [-0.2, -0.15) is 0 Å². The quantitative estimate of drug-likeness (QED) is 0.499. The van der Waals surface area contributed by atoms with Gasteiger partial charge in [0.1, 0.15) is 6.04 Å². The normalized spacial score (nSPS) is 10.8. The Kier molecular flexibility index (Phi) is 4.31. The maximum absolute atomic E-state index is 10.4. The first kappa shape index (κ1) is 10.3. The van der Waals surface area contributed by atoms with Crippen LogP contribution in [0.3, 0.4) is 0 Å². The molecule has 0 bridgehead atoms. The maximum Gasteiger partial charge on any atom is 0.327 e. The van der Waals surface area contributed by atoms with E-state index in [0.717, 1.165) is 0 Å². The van der Waals surface area contributed by atoms with Crippen LogP contribution in [0.2, 0.25) is 0 Å². The minimum atomic E-state index is -1.14. The molecule has 5 nitrogen and oxygen atoms in total. The molecule has 0 aliphatic carbocycles. The van der Waals surface area contributed by atoms with Crippen LogP contribution >= 0.6 is 0 Å². The molecule has 5 heteroatoms. The highest BCUT2D eigenvalue weighted by Gasteiger charge is 2.16. The Morgan fingerprint density at radius 3 is 2.58 bits per heavy atom. The first-order chi connectivity index (χ1) is 5.57. The zero-order chi connectivity index (χ0) is 9.56. The number of carboxylic acids is 1. The molecular formula is C7H10N2O3. The summed E-state index contributed by atoms with van der Waals surface area (Å²) in [5, 5.41) is 10.6. The molecule has 0 saturated heterocycles. The van der Waals surface area contributed by atoms with Gasteiger partial charge in [-0.15, -0.1) is 11.8 Å². The van der Waals surface area contributed by atoms with Crippen molar-refractivity contribution in [3.05, 3.63) is 0 Å². The summed E-state index contributed by atoms with van der Waals surface area (Å²) in [5.41, 5.74) is 4.74. The predicted octanol–water partition coefficient (Wildman–Crippen LogP) is -0.479. The number of carboxylic acid groups (broad SMARTS) is 1. The molecule has 4 N–H and O–H groups in total. The molecule has 0 unspecified atom stereocenters. The van der Waals surface area contributed by atoms with Gasteiger partial charge in [0.25, 0.3) is 0 Å². The van der Waals surface area contributed by atoms with Crippen LogP contribution in [0.5, 0.6) is 0 Å². The van der Waals surface area contributed by atoms with Crippen molar-refractivity contribution in [2.45, 2.75) is 19.4 Å². The number of rotatable bonds is 3. The van der Waals surface area contributed by atoms with Crippen LogP contribution in [0.15, 0.2) is 0 Å². The zero-order valence-corrected chi connectivity index (χ0v) is 6.63. The van der Waals surface area contributed by atoms with E-state index in [-0.39, 0.29) is 6.42 Å². The van der Waals surface area contributed by atoms with E-state index in [0.29, 0.717) is 0 Å². The van der Waals surface area contributed by atoms with Gasteiger partial charge in [-0.25, -0.2) is 9.59 Å². The number of urea groups is 1. The van der Waals surface area contributed by atoms with Crippen molar-refractivity contribution in [2.24, 2.45) is 5.73 Å². The summed E-state index contributed by atoms with van der Waals surface area (Å²) < 4.78 is 0. The highest BCUT2D eigenvalue weighted by atomic mass is 16.4. The lowest BCUT2D eigenvalue weighted by atomic mass is 10.2. The van der Waals surface area contributed by atoms with E-state index in [4.69, 9.17) is 10.8 Å². The lowest BCUT2D eigenvalue weighted by Crippen LogP contribution is -2.43. The third-order valence-electron chi connectivity index (χ3n) is 1.10. The van der Waals surface area contributed by atoms with Crippen molar-refractivity contribution >= 4 is 12.0 Å². The molecule has 0 heterocycles. The number of carbonyl (C=O) groups excluding carboxylic acids is 1. The Morgan fingerprint density at radius 2 is 2.25 bits per heavy atom. The topological polar surface area (TPSA) is 92.4 Å². The standard InChI is InChI=1S/C7H10N2O3/c1-2-3-4-5(6(10)11)9-7(8)12/h5H,4H2,1H3,(H,10,11)(H3,8,9,12)/t5-/m1/s1. The average Bonchev–Trinajstić information content (AvgIpc) is 1.96. The average molecular weight is 170 g/mol. The van der Waals surface area contributed by atoms with Crippen molar-refractivity contribution in [3.63, 3.8) is 0 Å². The van der Waals surface area contributed by atoms with Gasteiger partial charge < -0.3 is 16.2 Å². The predicted molar refractivity (Wildman–Crippen MR) is 42.2 cm³/mol. The van der Waals surface area contributed by atoms with Crippen LogP contribution in [-0.2, 0) is 4.79 Å². The number of carbonyl (C=O) groups is 2. The fourth-order valence-electron chi connectivity index (χ4n) is 0.576. The summed E-state index contributed by atoms with van der Waals surface area (Å²) in [4.78, 5) is 20.7. The maximum atomic E-state index is 10.4. The minimum Gasteiger partial charge on any atom is -0.480 e. The van der Waals surface area contributed by atoms with Crippen LogP contribution in [0, 0.1) is 11.8 Å². The Labute approximate surface area is 69.9 Å². The van der Waals surface area contributed by atoms with Crippen molar-refractivity contribution in [3.8, 4) is 11.8 Å². The van der Waals surface area contributed by atoms with Crippen molar-refractivity contribution in [1.29, 1.82) is 0 Å². The van der Waals surface area contributed by atoms with Crippen LogP contribution in [0.25, 0.3) is 0 Å². The molecule has 2 amide bonds. The molecule has 0 aromatic rings. The Morgan fingerprint density at radius 1 is 1.67 bits per heavy atom. The molecular weight excluding hydrogens is 160 g/mol. The van der Waals surface area contributed by atoms with Gasteiger partial charge in [0.2, 0.25) is 0 Å². The van der Waals surface area contributed by atoms with E-state index in [1.165, 1.54) is 0 Å². The lowest BCUT2D eigenvalue weighted by Gasteiger charge is -2.08. The lowest BCUT2D eigenvalue weighted by molar-refractivity contribution is -0.139. The fraction of sp³-hybridized carbons (Fsp3) is 0.429. The van der Waals surface area contributed by atoms with Gasteiger partial charge in [0.05, 0.1) is 0 Å². The number of hydrogen-bond donors (Lipinski definition) is 3. The van der Waals surface area contributed by atoms with Gasteiger partial charge in [0, 0.05) is 6.42 Å². The summed E-state index contributed by atoms with van der Waals surface area (Å²) in [6.45, 7) is 1.59. The van der Waals surface area contributed by atoms with Crippen LogP contribution in [0.4, 0.5) is 4.79 Å². The largest absolute Gasteiger partial charge is 0.480 e. The second-order valence-electron chi connectivity index (χ2n) is 2.03. The molecule has 0 aliphatic heterocycles. The van der Waals surface area contributed by atoms with E-state index < -0.39 is 18.0 Å². The number of primary amides is 1. The van der Waals surface area contributed by atoms with E-state index in [2.05, 4.69) is 17.2 Å². The molecule has 0 fully saturated rings. The van der Waals surface area contributed by atoms with Gasteiger partial charge in [0.15, 0.2) is 0 Å². The van der Waals surface area contributed by atoms with E-state index >= 15 is 0 Å². The second-order valence-corrected chi connectivity index (χ2v) is 2.03. The van der Waals surface area contributed by atoms with Crippen molar-refractivity contribution in [1.82, 2.24) is 5.32 Å². The number of nitrogens with two attached hydrogens (primary N) is 1. The van der Waals surface area contributed by atoms with E-state index in [1.807, 2.05) is 0 Å². The van der Waals surface area contributed by atoms with E-state index in [9.17, 15) is 9.59 Å². The molecule has 12 heavy (non-hydrogen) atoms. The second kappa shape index (κ2) is 5.02. The summed E-state index contributed by atoms with van der Waals surface area (Å²) >= 11 is 0. The van der Waals surface area contributed by atoms with Crippen LogP contribution in [-0.4, -0.2) is 23.1 Å². The molecule has 1 atom stereocenters. The molecule has 0 rings (SSSR count). The Hall–Kier alpha value is -1.70. The molecule has 0 aliphatic rings. The SMILES string of the molecule is CC#CC[C@@H](NC(N)=O)C(=O)O.